The van der Waals surface area contributed by atoms with Crippen LogP contribution in [0.4, 0.5) is 0 Å². The van der Waals surface area contributed by atoms with Crippen LogP contribution >= 0.6 is 0 Å². The number of aliphatic hydroxyl groups is 1. The van der Waals surface area contributed by atoms with Gasteiger partial charge in [-0.05, 0) is 18.2 Å². The maximum absolute atomic E-state index is 9.38. The quantitative estimate of drug-likeness (QED) is 0.796. The Kier molecular flexibility index (Phi) is 3.50. The number of nitrogens with zero attached hydrogens (tertiary/aromatic N) is 2. The summed E-state index contributed by atoms with van der Waals surface area (Å²) in [6, 6.07) is 16.8. The summed E-state index contributed by atoms with van der Waals surface area (Å²) in [5.74, 6) is 0.997. The van der Waals surface area contributed by atoms with Gasteiger partial charge in [0, 0.05) is 17.1 Å². The number of fused-ring (bicyclic) bond motifs is 1. The molecule has 0 aliphatic heterocycles. The first-order valence-corrected chi connectivity index (χ1v) is 6.48. The lowest BCUT2D eigenvalue weighted by Crippen LogP contribution is -1.95. The molecule has 0 saturated heterocycles. The van der Waals surface area contributed by atoms with Crippen molar-refractivity contribution in [3.05, 3.63) is 65.9 Å². The number of hydrogen-bond acceptors (Lipinski definition) is 4. The molecule has 0 spiro atoms. The van der Waals surface area contributed by atoms with Gasteiger partial charge in [-0.3, -0.25) is 4.98 Å². The third-order valence-corrected chi connectivity index (χ3v) is 3.20. The molecule has 3 rings (SSSR count). The first-order valence-electron chi connectivity index (χ1n) is 6.48. The second-order valence-corrected chi connectivity index (χ2v) is 4.50. The lowest BCUT2D eigenvalue weighted by Gasteiger charge is -2.12. The summed E-state index contributed by atoms with van der Waals surface area (Å²) in [7, 11) is 0. The number of aromatic nitrogens is 1. The van der Waals surface area contributed by atoms with E-state index in [1.54, 1.807) is 12.1 Å². The monoisotopic (exact) mass is 276 g/mol. The Morgan fingerprint density at radius 3 is 2.67 bits per heavy atom. The number of para-hydroxylation sites is 2. The minimum atomic E-state index is -0.124. The van der Waals surface area contributed by atoms with Crippen LogP contribution in [0.15, 0.2) is 54.7 Å². The highest BCUT2D eigenvalue weighted by molar-refractivity contribution is 5.87. The van der Waals surface area contributed by atoms with E-state index >= 15 is 0 Å². The molecule has 0 unspecified atom stereocenters. The Labute approximate surface area is 121 Å². The average Bonchev–Trinajstić information content (AvgIpc) is 2.55. The summed E-state index contributed by atoms with van der Waals surface area (Å²) in [6.45, 7) is -0.124. The van der Waals surface area contributed by atoms with Gasteiger partial charge in [0.25, 0.3) is 0 Å². The summed E-state index contributed by atoms with van der Waals surface area (Å²) in [5, 5.41) is 19.4. The maximum Gasteiger partial charge on any atom is 0.156 e. The molecule has 0 saturated carbocycles. The van der Waals surface area contributed by atoms with E-state index in [9.17, 15) is 10.4 Å². The molecule has 1 heterocycles. The highest BCUT2D eigenvalue weighted by Crippen LogP contribution is 2.33. The zero-order valence-electron chi connectivity index (χ0n) is 11.2. The number of ether oxygens (including phenoxy) is 1. The Hall–Kier alpha value is -2.90. The Morgan fingerprint density at radius 2 is 1.86 bits per heavy atom. The van der Waals surface area contributed by atoms with Crippen molar-refractivity contribution in [3.63, 3.8) is 0 Å². The van der Waals surface area contributed by atoms with Gasteiger partial charge in [-0.2, -0.15) is 5.26 Å². The predicted octanol–water partition coefficient (Wildman–Crippen LogP) is 3.39. The van der Waals surface area contributed by atoms with E-state index in [0.717, 1.165) is 10.9 Å². The van der Waals surface area contributed by atoms with Crippen molar-refractivity contribution >= 4 is 10.9 Å². The number of benzene rings is 2. The summed E-state index contributed by atoms with van der Waals surface area (Å²) in [4.78, 5) is 4.24. The molecule has 0 amide bonds. The zero-order chi connectivity index (χ0) is 14.7. The first kappa shape index (κ1) is 13.1. The lowest BCUT2D eigenvalue weighted by atomic mass is 10.1. The molecule has 1 aromatic heterocycles. The van der Waals surface area contributed by atoms with Gasteiger partial charge in [-0.25, -0.2) is 0 Å². The van der Waals surface area contributed by atoms with Crippen molar-refractivity contribution in [1.82, 2.24) is 4.98 Å². The van der Waals surface area contributed by atoms with Crippen LogP contribution in [0.2, 0.25) is 0 Å². The second-order valence-electron chi connectivity index (χ2n) is 4.50. The van der Waals surface area contributed by atoms with Crippen molar-refractivity contribution < 1.29 is 9.84 Å². The van der Waals surface area contributed by atoms with Crippen LogP contribution in [0.5, 0.6) is 11.5 Å². The topological polar surface area (TPSA) is 66.1 Å². The van der Waals surface area contributed by atoms with E-state index in [1.165, 1.54) is 6.20 Å². The van der Waals surface area contributed by atoms with Gasteiger partial charge in [0.1, 0.15) is 17.4 Å². The normalized spacial score (nSPS) is 10.3. The van der Waals surface area contributed by atoms with E-state index in [0.29, 0.717) is 22.6 Å². The van der Waals surface area contributed by atoms with Crippen molar-refractivity contribution in [2.75, 3.05) is 0 Å². The van der Waals surface area contributed by atoms with Crippen LogP contribution in [-0.2, 0) is 6.61 Å². The number of aliphatic hydroxyl groups excluding tert-OH is 1. The number of rotatable bonds is 3. The van der Waals surface area contributed by atoms with E-state index in [1.807, 2.05) is 36.4 Å². The maximum atomic E-state index is 9.38. The molecule has 0 fully saturated rings. The largest absolute Gasteiger partial charge is 0.455 e. The Balaban J connectivity index is 2.17. The van der Waals surface area contributed by atoms with E-state index in [2.05, 4.69) is 11.1 Å². The van der Waals surface area contributed by atoms with Gasteiger partial charge >= 0.3 is 0 Å². The third-order valence-electron chi connectivity index (χ3n) is 3.20. The number of hydrogen-bond donors (Lipinski definition) is 1. The third kappa shape index (κ3) is 2.42. The Morgan fingerprint density at radius 1 is 1.10 bits per heavy atom. The van der Waals surface area contributed by atoms with E-state index in [-0.39, 0.29) is 6.61 Å². The van der Waals surface area contributed by atoms with Crippen LogP contribution in [0, 0.1) is 11.3 Å². The average molecular weight is 276 g/mol. The molecule has 21 heavy (non-hydrogen) atoms. The molecule has 0 bridgehead atoms. The Bertz CT molecular complexity index is 838. The zero-order valence-corrected chi connectivity index (χ0v) is 11.2. The number of pyridine rings is 1. The molecule has 2 aromatic carbocycles. The van der Waals surface area contributed by atoms with Gasteiger partial charge in [-0.1, -0.05) is 30.3 Å². The molecule has 0 aliphatic carbocycles. The lowest BCUT2D eigenvalue weighted by molar-refractivity contribution is 0.276. The molecular formula is C17H12N2O2. The van der Waals surface area contributed by atoms with Crippen LogP contribution in [0.3, 0.4) is 0 Å². The molecule has 0 radical (unpaired) electrons. The highest BCUT2D eigenvalue weighted by atomic mass is 16.5. The van der Waals surface area contributed by atoms with Gasteiger partial charge < -0.3 is 9.84 Å². The van der Waals surface area contributed by atoms with Crippen LogP contribution in [0.1, 0.15) is 11.1 Å². The van der Waals surface area contributed by atoms with Crippen molar-refractivity contribution in [2.24, 2.45) is 0 Å². The smallest absolute Gasteiger partial charge is 0.156 e. The summed E-state index contributed by atoms with van der Waals surface area (Å²) in [6.07, 6.45) is 1.50. The van der Waals surface area contributed by atoms with E-state index in [4.69, 9.17) is 4.74 Å². The molecule has 3 aromatic rings. The van der Waals surface area contributed by atoms with E-state index < -0.39 is 0 Å². The fraction of sp³-hybridized carbons (Fsp3) is 0.0588. The van der Waals surface area contributed by atoms with Gasteiger partial charge in [0.05, 0.1) is 12.1 Å². The molecular weight excluding hydrogens is 264 g/mol. The second kappa shape index (κ2) is 5.61. The van der Waals surface area contributed by atoms with Crippen LogP contribution in [-0.4, -0.2) is 10.1 Å². The minimum absolute atomic E-state index is 0.124. The summed E-state index contributed by atoms with van der Waals surface area (Å²) >= 11 is 0. The SMILES string of the molecule is N#Cc1cnc2ccccc2c1Oc1ccccc1CO. The van der Waals surface area contributed by atoms with Crippen LogP contribution < -0.4 is 4.74 Å². The predicted molar refractivity (Wildman–Crippen MR) is 78.9 cm³/mol. The van der Waals surface area contributed by atoms with Crippen molar-refractivity contribution in [2.45, 2.75) is 6.61 Å². The van der Waals surface area contributed by atoms with Gasteiger partial charge in [0.15, 0.2) is 5.75 Å². The molecule has 1 N–H and O–H groups in total. The van der Waals surface area contributed by atoms with Crippen molar-refractivity contribution in [1.29, 1.82) is 5.26 Å². The summed E-state index contributed by atoms with van der Waals surface area (Å²) < 4.78 is 5.91. The fourth-order valence-corrected chi connectivity index (χ4v) is 2.15. The van der Waals surface area contributed by atoms with Crippen molar-refractivity contribution in [3.8, 4) is 17.6 Å². The van der Waals surface area contributed by atoms with Gasteiger partial charge in [0.2, 0.25) is 0 Å². The fourth-order valence-electron chi connectivity index (χ4n) is 2.15. The van der Waals surface area contributed by atoms with Crippen LogP contribution in [0.25, 0.3) is 10.9 Å². The van der Waals surface area contributed by atoms with Gasteiger partial charge in [-0.15, -0.1) is 0 Å². The molecule has 102 valence electrons. The minimum Gasteiger partial charge on any atom is -0.455 e. The number of nitriles is 1. The molecule has 0 atom stereocenters. The molecule has 4 nitrogen and oxygen atoms in total. The summed E-state index contributed by atoms with van der Waals surface area (Å²) in [5.41, 5.74) is 1.79. The standard InChI is InChI=1S/C17H12N2O2/c18-9-13-10-19-15-7-3-2-6-14(15)17(13)21-16-8-4-1-5-12(16)11-20/h1-8,10,20H,11H2. The molecule has 0 aliphatic rings. The highest BCUT2D eigenvalue weighted by Gasteiger charge is 2.12. The first-order chi connectivity index (χ1) is 10.3. The molecule has 4 heteroatoms.